The van der Waals surface area contributed by atoms with Gasteiger partial charge in [0.1, 0.15) is 11.6 Å². The molecular formula is C24H33FN4O2. The van der Waals surface area contributed by atoms with E-state index in [1.54, 1.807) is 7.11 Å². The van der Waals surface area contributed by atoms with Gasteiger partial charge in [0.15, 0.2) is 5.96 Å². The Hall–Kier alpha value is -2.64. The van der Waals surface area contributed by atoms with Crippen molar-refractivity contribution >= 4 is 5.96 Å². The van der Waals surface area contributed by atoms with Crippen LogP contribution in [0.4, 0.5) is 4.39 Å². The number of aliphatic imine (C=N–C) groups is 1. The fourth-order valence-corrected chi connectivity index (χ4v) is 3.64. The lowest BCUT2D eigenvalue weighted by Crippen LogP contribution is -2.42. The standard InChI is InChI=1S/C24H33FN4O2/c1-3-26-24(27-13-12-19-4-10-22(30-2)11-5-19)28-18-23(29-14-16-31-17-15-29)20-6-8-21(25)9-7-20/h4-11,23H,3,12-18H2,1-2H3,(H2,26,27,28). The van der Waals surface area contributed by atoms with Crippen molar-refractivity contribution in [1.82, 2.24) is 15.5 Å². The lowest BCUT2D eigenvalue weighted by molar-refractivity contribution is 0.0179. The number of nitrogens with zero attached hydrogens (tertiary/aromatic N) is 2. The average Bonchev–Trinajstić information content (AvgIpc) is 2.81. The second kappa shape index (κ2) is 12.3. The zero-order valence-electron chi connectivity index (χ0n) is 18.4. The van der Waals surface area contributed by atoms with Gasteiger partial charge in [-0.2, -0.15) is 0 Å². The van der Waals surface area contributed by atoms with Gasteiger partial charge in [-0.1, -0.05) is 24.3 Å². The van der Waals surface area contributed by atoms with Gasteiger partial charge in [0.05, 0.1) is 32.9 Å². The number of ether oxygens (including phenoxy) is 2. The van der Waals surface area contributed by atoms with Crippen LogP contribution < -0.4 is 15.4 Å². The molecule has 1 fully saturated rings. The first-order valence-corrected chi connectivity index (χ1v) is 10.9. The molecule has 0 aliphatic carbocycles. The topological polar surface area (TPSA) is 58.1 Å². The molecule has 6 nitrogen and oxygen atoms in total. The quantitative estimate of drug-likeness (QED) is 0.475. The van der Waals surface area contributed by atoms with Crippen molar-refractivity contribution in [2.45, 2.75) is 19.4 Å². The molecule has 3 rings (SSSR count). The summed E-state index contributed by atoms with van der Waals surface area (Å²) >= 11 is 0. The van der Waals surface area contributed by atoms with Crippen LogP contribution in [0.3, 0.4) is 0 Å². The highest BCUT2D eigenvalue weighted by atomic mass is 19.1. The maximum atomic E-state index is 13.4. The molecule has 7 heteroatoms. The Labute approximate surface area is 184 Å². The number of morpholine rings is 1. The van der Waals surface area contributed by atoms with Crippen LogP contribution in [0.2, 0.25) is 0 Å². The van der Waals surface area contributed by atoms with E-state index in [1.165, 1.54) is 17.7 Å². The fraction of sp³-hybridized carbons (Fsp3) is 0.458. The maximum absolute atomic E-state index is 13.4. The number of halogens is 1. The third-order valence-corrected chi connectivity index (χ3v) is 5.37. The lowest BCUT2D eigenvalue weighted by Gasteiger charge is -2.34. The Balaban J connectivity index is 1.63. The van der Waals surface area contributed by atoms with E-state index in [4.69, 9.17) is 14.5 Å². The van der Waals surface area contributed by atoms with E-state index in [2.05, 4.69) is 34.6 Å². The number of hydrogen-bond acceptors (Lipinski definition) is 4. The molecule has 2 aromatic carbocycles. The molecule has 1 atom stereocenters. The van der Waals surface area contributed by atoms with Gasteiger partial charge in [-0.25, -0.2) is 4.39 Å². The molecule has 31 heavy (non-hydrogen) atoms. The minimum atomic E-state index is -0.221. The molecule has 168 valence electrons. The van der Waals surface area contributed by atoms with Gasteiger partial charge < -0.3 is 20.1 Å². The summed E-state index contributed by atoms with van der Waals surface area (Å²) in [4.78, 5) is 7.21. The molecule has 0 aromatic heterocycles. The molecule has 0 radical (unpaired) electrons. The van der Waals surface area contributed by atoms with E-state index >= 15 is 0 Å². The van der Waals surface area contributed by atoms with Gasteiger partial charge >= 0.3 is 0 Å². The Morgan fingerprint density at radius 1 is 1.10 bits per heavy atom. The number of benzene rings is 2. The van der Waals surface area contributed by atoms with Crippen LogP contribution in [-0.4, -0.2) is 63.9 Å². The largest absolute Gasteiger partial charge is 0.497 e. The van der Waals surface area contributed by atoms with Crippen LogP contribution >= 0.6 is 0 Å². The molecule has 2 aromatic rings. The Bertz CT molecular complexity index is 805. The molecule has 1 aliphatic heterocycles. The lowest BCUT2D eigenvalue weighted by atomic mass is 10.0. The summed E-state index contributed by atoms with van der Waals surface area (Å²) in [6, 6.07) is 14.9. The molecule has 1 saturated heterocycles. The summed E-state index contributed by atoms with van der Waals surface area (Å²) in [7, 11) is 1.67. The summed E-state index contributed by atoms with van der Waals surface area (Å²) < 4.78 is 24.2. The summed E-state index contributed by atoms with van der Waals surface area (Å²) in [5.74, 6) is 1.43. The van der Waals surface area contributed by atoms with Crippen LogP contribution in [0.25, 0.3) is 0 Å². The van der Waals surface area contributed by atoms with Crippen LogP contribution in [0, 0.1) is 5.82 Å². The second-order valence-corrected chi connectivity index (χ2v) is 7.46. The van der Waals surface area contributed by atoms with E-state index in [0.717, 1.165) is 49.9 Å². The summed E-state index contributed by atoms with van der Waals surface area (Å²) in [6.45, 7) is 7.31. The average molecular weight is 429 g/mol. The molecule has 1 unspecified atom stereocenters. The molecule has 0 spiro atoms. The number of hydrogen-bond donors (Lipinski definition) is 2. The SMILES string of the molecule is CCNC(=NCC(c1ccc(F)cc1)N1CCOCC1)NCCc1ccc(OC)cc1. The zero-order chi connectivity index (χ0) is 21.9. The van der Waals surface area contributed by atoms with Gasteiger partial charge in [-0.15, -0.1) is 0 Å². The van der Waals surface area contributed by atoms with Crippen molar-refractivity contribution in [3.8, 4) is 5.75 Å². The minimum Gasteiger partial charge on any atom is -0.497 e. The highest BCUT2D eigenvalue weighted by Gasteiger charge is 2.22. The zero-order valence-corrected chi connectivity index (χ0v) is 18.4. The number of guanidine groups is 1. The molecule has 2 N–H and O–H groups in total. The third kappa shape index (κ3) is 7.22. The second-order valence-electron chi connectivity index (χ2n) is 7.46. The normalized spacial score (nSPS) is 16.0. The highest BCUT2D eigenvalue weighted by molar-refractivity contribution is 5.79. The van der Waals surface area contributed by atoms with Crippen molar-refractivity contribution in [2.24, 2.45) is 4.99 Å². The van der Waals surface area contributed by atoms with E-state index in [1.807, 2.05) is 24.3 Å². The van der Waals surface area contributed by atoms with Gasteiger partial charge in [-0.3, -0.25) is 9.89 Å². The fourth-order valence-electron chi connectivity index (χ4n) is 3.64. The van der Waals surface area contributed by atoms with E-state index < -0.39 is 0 Å². The number of methoxy groups -OCH3 is 1. The van der Waals surface area contributed by atoms with Gasteiger partial charge in [-0.05, 0) is 48.7 Å². The van der Waals surface area contributed by atoms with Crippen molar-refractivity contribution < 1.29 is 13.9 Å². The van der Waals surface area contributed by atoms with Crippen LogP contribution in [0.1, 0.15) is 24.1 Å². The molecule has 0 saturated carbocycles. The number of nitrogens with one attached hydrogen (secondary N) is 2. The van der Waals surface area contributed by atoms with Gasteiger partial charge in [0, 0.05) is 26.2 Å². The Kier molecular flexibility index (Phi) is 9.12. The summed E-state index contributed by atoms with van der Waals surface area (Å²) in [6.07, 6.45) is 0.888. The smallest absolute Gasteiger partial charge is 0.191 e. The Morgan fingerprint density at radius 2 is 1.81 bits per heavy atom. The first-order chi connectivity index (χ1) is 15.2. The van der Waals surface area contributed by atoms with Crippen molar-refractivity contribution in [3.63, 3.8) is 0 Å². The molecule has 0 amide bonds. The van der Waals surface area contributed by atoms with Gasteiger partial charge in [0.25, 0.3) is 0 Å². The van der Waals surface area contributed by atoms with Crippen molar-refractivity contribution in [1.29, 1.82) is 0 Å². The first kappa shape index (κ1) is 23.0. The molecule has 1 heterocycles. The molecular weight excluding hydrogens is 395 g/mol. The summed E-state index contributed by atoms with van der Waals surface area (Å²) in [5, 5.41) is 6.74. The Morgan fingerprint density at radius 3 is 2.45 bits per heavy atom. The van der Waals surface area contributed by atoms with Crippen LogP contribution in [0.15, 0.2) is 53.5 Å². The van der Waals surface area contributed by atoms with Crippen LogP contribution in [0.5, 0.6) is 5.75 Å². The maximum Gasteiger partial charge on any atom is 0.191 e. The first-order valence-electron chi connectivity index (χ1n) is 10.9. The van der Waals surface area contributed by atoms with E-state index in [9.17, 15) is 4.39 Å². The van der Waals surface area contributed by atoms with Crippen molar-refractivity contribution in [2.75, 3.05) is 53.0 Å². The third-order valence-electron chi connectivity index (χ3n) is 5.37. The van der Waals surface area contributed by atoms with Crippen molar-refractivity contribution in [3.05, 3.63) is 65.5 Å². The molecule has 0 bridgehead atoms. The number of rotatable bonds is 9. The van der Waals surface area contributed by atoms with E-state index in [-0.39, 0.29) is 11.9 Å². The predicted octanol–water partition coefficient (Wildman–Crippen LogP) is 3.01. The monoisotopic (exact) mass is 428 g/mol. The molecule has 1 aliphatic rings. The van der Waals surface area contributed by atoms with Gasteiger partial charge in [0.2, 0.25) is 0 Å². The van der Waals surface area contributed by atoms with Crippen LogP contribution in [-0.2, 0) is 11.2 Å². The predicted molar refractivity (Wildman–Crippen MR) is 122 cm³/mol. The summed E-state index contributed by atoms with van der Waals surface area (Å²) in [5.41, 5.74) is 2.31. The highest BCUT2D eigenvalue weighted by Crippen LogP contribution is 2.22. The van der Waals surface area contributed by atoms with E-state index in [0.29, 0.717) is 19.8 Å². The minimum absolute atomic E-state index is 0.0848.